The number of nitrogens with zero attached hydrogens (tertiary/aromatic N) is 3. The number of imidazole rings is 1. The number of carboxylic acid groups (broad SMARTS) is 1. The molecule has 4 aromatic rings. The highest BCUT2D eigenvalue weighted by molar-refractivity contribution is 5.97. The molecule has 6 nitrogen and oxygen atoms in total. The first kappa shape index (κ1) is 11.7. The lowest BCUT2D eigenvalue weighted by Gasteiger charge is -2.01. The van der Waals surface area contributed by atoms with E-state index in [0.717, 1.165) is 15.5 Å². The Hall–Kier alpha value is -3.15. The Kier molecular flexibility index (Phi) is 2.32. The van der Waals surface area contributed by atoms with Crippen LogP contribution in [0.15, 0.2) is 48.5 Å². The van der Waals surface area contributed by atoms with Crippen molar-refractivity contribution in [1.82, 2.24) is 19.7 Å². The summed E-state index contributed by atoms with van der Waals surface area (Å²) in [5, 5.41) is 17.5. The Morgan fingerprint density at radius 3 is 2.71 bits per heavy atom. The number of aromatic nitrogens is 4. The third-order valence-electron chi connectivity index (χ3n) is 3.43. The minimum atomic E-state index is -1.08. The van der Waals surface area contributed by atoms with Crippen LogP contribution in [0.2, 0.25) is 0 Å². The van der Waals surface area contributed by atoms with Gasteiger partial charge in [-0.2, -0.15) is 5.10 Å². The molecule has 0 fully saturated rings. The lowest BCUT2D eigenvalue weighted by Crippen LogP contribution is -2.09. The Balaban J connectivity index is 2.10. The summed E-state index contributed by atoms with van der Waals surface area (Å²) >= 11 is 0. The number of para-hydroxylation sites is 3. The topological polar surface area (TPSA) is 83.8 Å². The monoisotopic (exact) mass is 278 g/mol. The van der Waals surface area contributed by atoms with Crippen molar-refractivity contribution in [2.24, 2.45) is 0 Å². The molecule has 0 amide bonds. The summed E-state index contributed by atoms with van der Waals surface area (Å²) in [6, 6.07) is 14.7. The number of nitrogens with one attached hydrogen (secondary N) is 1. The van der Waals surface area contributed by atoms with E-state index in [0.29, 0.717) is 22.6 Å². The maximum absolute atomic E-state index is 11.6. The number of H-pyrrole nitrogens is 1. The van der Waals surface area contributed by atoms with Crippen LogP contribution in [-0.4, -0.2) is 30.9 Å². The summed E-state index contributed by atoms with van der Waals surface area (Å²) < 4.78 is 1.16. The maximum Gasteiger partial charge on any atom is 0.417 e. The third-order valence-corrected chi connectivity index (χ3v) is 3.43. The van der Waals surface area contributed by atoms with Crippen molar-refractivity contribution in [3.63, 3.8) is 0 Å². The van der Waals surface area contributed by atoms with Gasteiger partial charge in [-0.3, -0.25) is 5.10 Å². The van der Waals surface area contributed by atoms with E-state index in [2.05, 4.69) is 15.2 Å². The van der Waals surface area contributed by atoms with Crippen molar-refractivity contribution < 1.29 is 9.90 Å². The van der Waals surface area contributed by atoms with Gasteiger partial charge in [0.1, 0.15) is 5.69 Å². The number of hydrogen-bond donors (Lipinski definition) is 2. The molecule has 21 heavy (non-hydrogen) atoms. The van der Waals surface area contributed by atoms with Crippen LogP contribution in [0.1, 0.15) is 0 Å². The summed E-state index contributed by atoms with van der Waals surface area (Å²) in [6.45, 7) is 0. The highest BCUT2D eigenvalue weighted by atomic mass is 16.4. The van der Waals surface area contributed by atoms with Crippen LogP contribution in [0, 0.1) is 0 Å². The van der Waals surface area contributed by atoms with E-state index in [1.807, 2.05) is 30.3 Å². The van der Waals surface area contributed by atoms with Gasteiger partial charge in [0.25, 0.3) is 0 Å². The first-order chi connectivity index (χ1) is 10.3. The molecular weight excluding hydrogens is 268 g/mol. The average Bonchev–Trinajstić information content (AvgIpc) is 3.08. The van der Waals surface area contributed by atoms with E-state index in [1.165, 1.54) is 0 Å². The second kappa shape index (κ2) is 4.17. The fourth-order valence-electron chi connectivity index (χ4n) is 2.51. The SMILES string of the molecule is O=C(O)n1c(-c2n[nH]c3ccccc23)nc2ccccc21. The number of aromatic amines is 1. The van der Waals surface area contributed by atoms with Gasteiger partial charge in [0.2, 0.25) is 0 Å². The van der Waals surface area contributed by atoms with Crippen LogP contribution in [0.3, 0.4) is 0 Å². The van der Waals surface area contributed by atoms with E-state index in [4.69, 9.17) is 0 Å². The molecule has 0 aliphatic carbocycles. The van der Waals surface area contributed by atoms with Crippen LogP contribution >= 0.6 is 0 Å². The molecule has 2 aromatic heterocycles. The van der Waals surface area contributed by atoms with Crippen LogP contribution in [0.5, 0.6) is 0 Å². The Bertz CT molecular complexity index is 984. The molecular formula is C15H10N4O2. The predicted molar refractivity (Wildman–Crippen MR) is 78.2 cm³/mol. The lowest BCUT2D eigenvalue weighted by molar-refractivity contribution is 0.197. The van der Waals surface area contributed by atoms with Gasteiger partial charge in [0.15, 0.2) is 5.82 Å². The molecule has 2 N–H and O–H groups in total. The summed E-state index contributed by atoms with van der Waals surface area (Å²) in [6.07, 6.45) is -1.08. The quantitative estimate of drug-likeness (QED) is 0.560. The highest BCUT2D eigenvalue weighted by Gasteiger charge is 2.20. The molecule has 0 atom stereocenters. The van der Waals surface area contributed by atoms with Gasteiger partial charge in [0.05, 0.1) is 16.6 Å². The van der Waals surface area contributed by atoms with E-state index in [-0.39, 0.29) is 0 Å². The van der Waals surface area contributed by atoms with Crippen molar-refractivity contribution >= 4 is 28.0 Å². The molecule has 2 heterocycles. The zero-order chi connectivity index (χ0) is 14.4. The molecule has 2 aromatic carbocycles. The fraction of sp³-hybridized carbons (Fsp3) is 0. The molecule has 0 saturated heterocycles. The van der Waals surface area contributed by atoms with Gasteiger partial charge in [-0.1, -0.05) is 30.3 Å². The van der Waals surface area contributed by atoms with Crippen molar-refractivity contribution in [3.8, 4) is 11.5 Å². The fourth-order valence-corrected chi connectivity index (χ4v) is 2.51. The van der Waals surface area contributed by atoms with Crippen LogP contribution in [0.25, 0.3) is 33.5 Å². The van der Waals surface area contributed by atoms with Crippen molar-refractivity contribution in [2.75, 3.05) is 0 Å². The molecule has 0 aliphatic heterocycles. The Labute approximate surface area is 118 Å². The van der Waals surface area contributed by atoms with E-state index >= 15 is 0 Å². The molecule has 102 valence electrons. The molecule has 0 aliphatic rings. The van der Waals surface area contributed by atoms with E-state index in [1.54, 1.807) is 18.2 Å². The Morgan fingerprint density at radius 1 is 1.10 bits per heavy atom. The van der Waals surface area contributed by atoms with Gasteiger partial charge in [0, 0.05) is 5.39 Å². The van der Waals surface area contributed by atoms with Gasteiger partial charge in [-0.25, -0.2) is 14.3 Å². The highest BCUT2D eigenvalue weighted by Crippen LogP contribution is 2.28. The summed E-state index contributed by atoms with van der Waals surface area (Å²) in [5.41, 5.74) is 2.55. The maximum atomic E-state index is 11.6. The second-order valence-electron chi connectivity index (χ2n) is 4.66. The minimum Gasteiger partial charge on any atom is -0.464 e. The van der Waals surface area contributed by atoms with Gasteiger partial charge in [-0.05, 0) is 18.2 Å². The number of rotatable bonds is 1. The molecule has 0 unspecified atom stereocenters. The van der Waals surface area contributed by atoms with Crippen molar-refractivity contribution in [1.29, 1.82) is 0 Å². The van der Waals surface area contributed by atoms with Crippen LogP contribution < -0.4 is 0 Å². The molecule has 0 spiro atoms. The van der Waals surface area contributed by atoms with E-state index < -0.39 is 6.09 Å². The second-order valence-corrected chi connectivity index (χ2v) is 4.66. The molecule has 4 rings (SSSR count). The number of carbonyl (C=O) groups is 1. The first-order valence-corrected chi connectivity index (χ1v) is 6.40. The summed E-state index contributed by atoms with van der Waals surface area (Å²) in [7, 11) is 0. The van der Waals surface area contributed by atoms with E-state index in [9.17, 15) is 9.90 Å². The van der Waals surface area contributed by atoms with Crippen LogP contribution in [-0.2, 0) is 0 Å². The van der Waals surface area contributed by atoms with Crippen LogP contribution in [0.4, 0.5) is 4.79 Å². The average molecular weight is 278 g/mol. The standard InChI is InChI=1S/C15H10N4O2/c20-15(21)19-12-8-4-3-7-11(12)16-14(19)13-9-5-1-2-6-10(9)17-18-13/h1-8H,(H,17,18)(H,20,21). The largest absolute Gasteiger partial charge is 0.464 e. The number of fused-ring (bicyclic) bond motifs is 2. The smallest absolute Gasteiger partial charge is 0.417 e. The predicted octanol–water partition coefficient (Wildman–Crippen LogP) is 3.11. The van der Waals surface area contributed by atoms with Gasteiger partial charge in [-0.15, -0.1) is 0 Å². The zero-order valence-corrected chi connectivity index (χ0v) is 10.8. The number of benzene rings is 2. The lowest BCUT2D eigenvalue weighted by atomic mass is 10.2. The van der Waals surface area contributed by atoms with Crippen molar-refractivity contribution in [2.45, 2.75) is 0 Å². The van der Waals surface area contributed by atoms with Gasteiger partial charge >= 0.3 is 6.09 Å². The zero-order valence-electron chi connectivity index (χ0n) is 10.8. The molecule has 6 heteroatoms. The normalized spacial score (nSPS) is 11.2. The molecule has 0 bridgehead atoms. The summed E-state index contributed by atoms with van der Waals surface area (Å²) in [4.78, 5) is 16.0. The first-order valence-electron chi connectivity index (χ1n) is 6.40. The van der Waals surface area contributed by atoms with Gasteiger partial charge < -0.3 is 5.11 Å². The third kappa shape index (κ3) is 1.62. The molecule has 0 radical (unpaired) electrons. The Morgan fingerprint density at radius 2 is 1.86 bits per heavy atom. The minimum absolute atomic E-state index is 0.321. The summed E-state index contributed by atoms with van der Waals surface area (Å²) in [5.74, 6) is 0.321. The number of hydrogen-bond acceptors (Lipinski definition) is 3. The molecule has 0 saturated carbocycles. The van der Waals surface area contributed by atoms with Crippen molar-refractivity contribution in [3.05, 3.63) is 48.5 Å².